The van der Waals surface area contributed by atoms with Gasteiger partial charge in [-0.1, -0.05) is 0 Å². The van der Waals surface area contributed by atoms with Gasteiger partial charge in [-0.2, -0.15) is 0 Å². The number of aromatic nitrogens is 2. The minimum Gasteiger partial charge on any atom is -0.468 e. The van der Waals surface area contributed by atoms with Crippen LogP contribution in [0.3, 0.4) is 0 Å². The summed E-state index contributed by atoms with van der Waals surface area (Å²) in [4.78, 5) is 18.9. The molecule has 0 atom stereocenters. The molecular weight excluding hydrogens is 224 g/mol. The first-order valence-electron chi connectivity index (χ1n) is 4.85. The minimum atomic E-state index is -0.532. The molecule has 0 radical (unpaired) electrons. The zero-order valence-corrected chi connectivity index (χ0v) is 9.12. The van der Waals surface area contributed by atoms with E-state index in [0.717, 1.165) is 0 Å². The molecule has 0 bridgehead atoms. The molecule has 0 fully saturated rings. The summed E-state index contributed by atoms with van der Waals surface area (Å²) >= 11 is 0. The number of hydrogen-bond donors (Lipinski definition) is 0. The number of nitrogens with zero attached hydrogens (tertiary/aromatic N) is 2. The summed E-state index contributed by atoms with van der Waals surface area (Å²) in [6.45, 7) is 0.263. The molecular formula is C11H10N2O4. The normalized spacial score (nSPS) is 9.94. The van der Waals surface area contributed by atoms with Gasteiger partial charge in [0.2, 0.25) is 5.88 Å². The summed E-state index contributed by atoms with van der Waals surface area (Å²) in [6.07, 6.45) is 4.21. The Bertz CT molecular complexity index is 479. The van der Waals surface area contributed by atoms with Crippen LogP contribution in [0.25, 0.3) is 0 Å². The van der Waals surface area contributed by atoms with Crippen LogP contribution in [0.2, 0.25) is 0 Å². The first kappa shape index (κ1) is 11.1. The van der Waals surface area contributed by atoms with Crippen LogP contribution >= 0.6 is 0 Å². The standard InChI is InChI=1S/C11H10N2O4/c1-15-11(14)9-5-13-10(6-12-9)17-7-8-3-2-4-16-8/h2-6H,7H2,1H3. The van der Waals surface area contributed by atoms with Gasteiger partial charge in [0.05, 0.1) is 25.8 Å². The third-order valence-corrected chi connectivity index (χ3v) is 1.97. The van der Waals surface area contributed by atoms with Crippen molar-refractivity contribution in [2.45, 2.75) is 6.61 Å². The maximum atomic E-state index is 11.1. The molecule has 0 aliphatic carbocycles. The smallest absolute Gasteiger partial charge is 0.358 e. The largest absolute Gasteiger partial charge is 0.468 e. The maximum absolute atomic E-state index is 11.1. The second kappa shape index (κ2) is 5.11. The van der Waals surface area contributed by atoms with Gasteiger partial charge in [-0.05, 0) is 12.1 Å². The molecule has 0 spiro atoms. The van der Waals surface area contributed by atoms with Crippen molar-refractivity contribution in [1.29, 1.82) is 0 Å². The maximum Gasteiger partial charge on any atom is 0.358 e. The van der Waals surface area contributed by atoms with Crippen LogP contribution in [-0.4, -0.2) is 23.0 Å². The average molecular weight is 234 g/mol. The lowest BCUT2D eigenvalue weighted by Gasteiger charge is -2.03. The van der Waals surface area contributed by atoms with Gasteiger partial charge in [0.25, 0.3) is 0 Å². The predicted octanol–water partition coefficient (Wildman–Crippen LogP) is 1.44. The van der Waals surface area contributed by atoms with Gasteiger partial charge in [0, 0.05) is 0 Å². The predicted molar refractivity (Wildman–Crippen MR) is 56.4 cm³/mol. The Labute approximate surface area is 97.2 Å². The lowest BCUT2D eigenvalue weighted by Crippen LogP contribution is -2.05. The van der Waals surface area contributed by atoms with Gasteiger partial charge in [-0.3, -0.25) is 0 Å². The Hall–Kier alpha value is -2.37. The van der Waals surface area contributed by atoms with Crippen LogP contribution in [0.4, 0.5) is 0 Å². The number of carbonyl (C=O) groups is 1. The van der Waals surface area contributed by atoms with Crippen LogP contribution in [-0.2, 0) is 11.3 Å². The van der Waals surface area contributed by atoms with E-state index < -0.39 is 5.97 Å². The molecule has 6 heteroatoms. The van der Waals surface area contributed by atoms with Gasteiger partial charge in [0.1, 0.15) is 12.4 Å². The number of carbonyl (C=O) groups excluding carboxylic acids is 1. The third kappa shape index (κ3) is 2.81. The van der Waals surface area contributed by atoms with Crippen molar-refractivity contribution in [3.8, 4) is 5.88 Å². The molecule has 0 aliphatic rings. The lowest BCUT2D eigenvalue weighted by atomic mass is 10.4. The molecule has 2 heterocycles. The van der Waals surface area contributed by atoms with E-state index in [4.69, 9.17) is 9.15 Å². The van der Waals surface area contributed by atoms with E-state index in [1.165, 1.54) is 19.5 Å². The van der Waals surface area contributed by atoms with Gasteiger partial charge < -0.3 is 13.9 Å². The first-order chi connectivity index (χ1) is 8.29. The molecule has 88 valence electrons. The highest BCUT2D eigenvalue weighted by molar-refractivity contribution is 5.86. The van der Waals surface area contributed by atoms with Crippen molar-refractivity contribution in [1.82, 2.24) is 9.97 Å². The summed E-state index contributed by atoms with van der Waals surface area (Å²) in [5.41, 5.74) is 0.137. The first-order valence-corrected chi connectivity index (χ1v) is 4.85. The van der Waals surface area contributed by atoms with Gasteiger partial charge in [0.15, 0.2) is 5.69 Å². The molecule has 2 aromatic heterocycles. The Morgan fingerprint density at radius 1 is 1.41 bits per heavy atom. The van der Waals surface area contributed by atoms with Crippen LogP contribution in [0.5, 0.6) is 5.88 Å². The quantitative estimate of drug-likeness (QED) is 0.745. The van der Waals surface area contributed by atoms with E-state index in [2.05, 4.69) is 14.7 Å². The van der Waals surface area contributed by atoms with Crippen LogP contribution in [0.15, 0.2) is 35.2 Å². The molecule has 0 N–H and O–H groups in total. The highest BCUT2D eigenvalue weighted by atomic mass is 16.5. The summed E-state index contributed by atoms with van der Waals surface area (Å²) in [6, 6.07) is 3.56. The molecule has 0 saturated heterocycles. The van der Waals surface area contributed by atoms with Crippen LogP contribution < -0.4 is 4.74 Å². The number of ether oxygens (including phenoxy) is 2. The zero-order chi connectivity index (χ0) is 12.1. The van der Waals surface area contributed by atoms with Gasteiger partial charge >= 0.3 is 5.97 Å². The van der Waals surface area contributed by atoms with Crippen molar-refractivity contribution in [2.24, 2.45) is 0 Å². The Morgan fingerprint density at radius 2 is 2.29 bits per heavy atom. The molecule has 2 rings (SSSR count). The monoisotopic (exact) mass is 234 g/mol. The fourth-order valence-corrected chi connectivity index (χ4v) is 1.14. The second-order valence-corrected chi connectivity index (χ2v) is 3.10. The Balaban J connectivity index is 1.96. The number of hydrogen-bond acceptors (Lipinski definition) is 6. The topological polar surface area (TPSA) is 74.5 Å². The zero-order valence-electron chi connectivity index (χ0n) is 9.12. The van der Waals surface area contributed by atoms with Crippen LogP contribution in [0, 0.1) is 0 Å². The second-order valence-electron chi connectivity index (χ2n) is 3.10. The summed E-state index contributed by atoms with van der Waals surface area (Å²) < 4.78 is 14.9. The molecule has 0 aliphatic heterocycles. The summed E-state index contributed by atoms with van der Waals surface area (Å²) in [5.74, 6) is 0.466. The minimum absolute atomic E-state index is 0.137. The van der Waals surface area contributed by atoms with E-state index in [1.54, 1.807) is 18.4 Å². The molecule has 0 unspecified atom stereocenters. The summed E-state index contributed by atoms with van der Waals surface area (Å²) in [5, 5.41) is 0. The van der Waals surface area contributed by atoms with E-state index in [-0.39, 0.29) is 12.3 Å². The number of methoxy groups -OCH3 is 1. The van der Waals surface area contributed by atoms with Crippen molar-refractivity contribution in [3.05, 3.63) is 42.2 Å². The van der Waals surface area contributed by atoms with E-state index in [9.17, 15) is 4.79 Å². The molecule has 6 nitrogen and oxygen atoms in total. The Morgan fingerprint density at radius 3 is 2.88 bits per heavy atom. The van der Waals surface area contributed by atoms with Crippen molar-refractivity contribution < 1.29 is 18.7 Å². The lowest BCUT2D eigenvalue weighted by molar-refractivity contribution is 0.0593. The third-order valence-electron chi connectivity index (χ3n) is 1.97. The molecule has 0 saturated carbocycles. The summed E-state index contributed by atoms with van der Waals surface area (Å²) in [7, 11) is 1.28. The highest BCUT2D eigenvalue weighted by Gasteiger charge is 2.07. The fourth-order valence-electron chi connectivity index (χ4n) is 1.14. The number of furan rings is 1. The molecule has 0 amide bonds. The van der Waals surface area contributed by atoms with E-state index in [1.807, 2.05) is 0 Å². The number of rotatable bonds is 4. The molecule has 2 aromatic rings. The van der Waals surface area contributed by atoms with Crippen molar-refractivity contribution in [2.75, 3.05) is 7.11 Å². The fraction of sp³-hybridized carbons (Fsp3) is 0.182. The van der Waals surface area contributed by atoms with Crippen LogP contribution in [0.1, 0.15) is 16.2 Å². The molecule has 0 aromatic carbocycles. The van der Waals surface area contributed by atoms with E-state index >= 15 is 0 Å². The van der Waals surface area contributed by atoms with Gasteiger partial charge in [-0.25, -0.2) is 14.8 Å². The van der Waals surface area contributed by atoms with Crippen molar-refractivity contribution in [3.63, 3.8) is 0 Å². The highest BCUT2D eigenvalue weighted by Crippen LogP contribution is 2.08. The van der Waals surface area contributed by atoms with Gasteiger partial charge in [-0.15, -0.1) is 0 Å². The van der Waals surface area contributed by atoms with Crippen molar-refractivity contribution >= 4 is 5.97 Å². The van der Waals surface area contributed by atoms with E-state index in [0.29, 0.717) is 11.6 Å². The number of esters is 1. The Kier molecular flexibility index (Phi) is 3.34. The molecule has 17 heavy (non-hydrogen) atoms. The SMILES string of the molecule is COC(=O)c1cnc(OCc2ccco2)cn1. The average Bonchev–Trinajstić information content (AvgIpc) is 2.89.